The quantitative estimate of drug-likeness (QED) is 0.367. The molecule has 0 N–H and O–H groups in total. The van der Waals surface area contributed by atoms with Crippen LogP contribution in [0, 0.1) is 0 Å². The van der Waals surface area contributed by atoms with Crippen LogP contribution in [0.5, 0.6) is 0 Å². The minimum Gasteiger partial charge on any atom is -0.450 e. The summed E-state index contributed by atoms with van der Waals surface area (Å²) in [4.78, 5) is 26.2. The SMILES string of the molecule is C=CC(=[N+]=[N-])C(=O)OCc1cccn1C(=O)OC(C)(C)C. The predicted octanol–water partition coefficient (Wildman–Crippen LogP) is 2.17. The predicted molar refractivity (Wildman–Crippen MR) is 74.7 cm³/mol. The van der Waals surface area contributed by atoms with Crippen molar-refractivity contribution in [3.63, 3.8) is 0 Å². The fourth-order valence-electron chi connectivity index (χ4n) is 1.40. The van der Waals surface area contributed by atoms with Crippen LogP contribution in [0.2, 0.25) is 0 Å². The van der Waals surface area contributed by atoms with Crippen molar-refractivity contribution in [3.05, 3.63) is 42.2 Å². The number of carbonyl (C=O) groups is 2. The van der Waals surface area contributed by atoms with Crippen LogP contribution in [0.1, 0.15) is 26.5 Å². The van der Waals surface area contributed by atoms with Crippen LogP contribution in [-0.4, -0.2) is 32.7 Å². The molecule has 1 rings (SSSR count). The Balaban J connectivity index is 2.77. The van der Waals surface area contributed by atoms with Gasteiger partial charge in [-0.25, -0.2) is 9.59 Å². The van der Waals surface area contributed by atoms with Crippen LogP contribution in [0.3, 0.4) is 0 Å². The number of rotatable bonds is 4. The molecule has 0 spiro atoms. The van der Waals surface area contributed by atoms with Crippen molar-refractivity contribution in [2.75, 3.05) is 0 Å². The first-order valence-corrected chi connectivity index (χ1v) is 6.19. The van der Waals surface area contributed by atoms with Gasteiger partial charge in [0.05, 0.1) is 5.69 Å². The highest BCUT2D eigenvalue weighted by atomic mass is 16.6. The molecule has 0 amide bonds. The molecule has 0 saturated heterocycles. The molecule has 0 unspecified atom stereocenters. The van der Waals surface area contributed by atoms with Crippen molar-refractivity contribution < 1.29 is 23.9 Å². The van der Waals surface area contributed by atoms with Gasteiger partial charge in [-0.05, 0) is 32.9 Å². The Bertz CT molecular complexity index is 604. The fraction of sp³-hybridized carbons (Fsp3) is 0.357. The van der Waals surface area contributed by atoms with Crippen LogP contribution in [0.25, 0.3) is 5.53 Å². The molecule has 112 valence electrons. The summed E-state index contributed by atoms with van der Waals surface area (Å²) < 4.78 is 11.4. The minimum atomic E-state index is -0.843. The summed E-state index contributed by atoms with van der Waals surface area (Å²) in [5.74, 6) is -0.843. The maximum atomic E-state index is 12.0. The molecular formula is C14H17N3O4. The van der Waals surface area contributed by atoms with Crippen molar-refractivity contribution in [1.82, 2.24) is 4.57 Å². The van der Waals surface area contributed by atoms with Gasteiger partial charge in [-0.3, -0.25) is 4.57 Å². The third-order valence-electron chi connectivity index (χ3n) is 2.28. The average Bonchev–Trinajstić information content (AvgIpc) is 2.84. The maximum Gasteiger partial charge on any atom is 0.421 e. The molecule has 0 bridgehead atoms. The number of aromatic nitrogens is 1. The summed E-state index contributed by atoms with van der Waals surface area (Å²) in [7, 11) is 0. The summed E-state index contributed by atoms with van der Waals surface area (Å²) in [6, 6.07) is 3.24. The lowest BCUT2D eigenvalue weighted by Gasteiger charge is -2.20. The van der Waals surface area contributed by atoms with Gasteiger partial charge in [-0.1, -0.05) is 6.58 Å². The molecule has 1 aromatic heterocycles. The zero-order valence-electron chi connectivity index (χ0n) is 12.2. The van der Waals surface area contributed by atoms with Gasteiger partial charge >= 0.3 is 17.8 Å². The summed E-state index contributed by atoms with van der Waals surface area (Å²) >= 11 is 0. The Morgan fingerprint density at radius 3 is 2.67 bits per heavy atom. The van der Waals surface area contributed by atoms with Gasteiger partial charge in [-0.15, -0.1) is 0 Å². The van der Waals surface area contributed by atoms with E-state index < -0.39 is 17.7 Å². The molecule has 0 aliphatic heterocycles. The summed E-state index contributed by atoms with van der Waals surface area (Å²) in [5, 5.41) is 0. The van der Waals surface area contributed by atoms with E-state index in [0.29, 0.717) is 5.69 Å². The first-order valence-electron chi connectivity index (χ1n) is 6.19. The molecule has 7 heteroatoms. The van der Waals surface area contributed by atoms with Crippen LogP contribution in [0.4, 0.5) is 4.79 Å². The van der Waals surface area contributed by atoms with Crippen LogP contribution in [0.15, 0.2) is 31.0 Å². The Kier molecular flexibility index (Phi) is 5.21. The third kappa shape index (κ3) is 4.74. The molecule has 0 saturated carbocycles. The minimum absolute atomic E-state index is 0.169. The van der Waals surface area contributed by atoms with Gasteiger partial charge in [0.25, 0.3) is 0 Å². The second-order valence-electron chi connectivity index (χ2n) is 5.12. The first-order chi connectivity index (χ1) is 9.78. The van der Waals surface area contributed by atoms with Crippen molar-refractivity contribution in [1.29, 1.82) is 0 Å². The molecule has 7 nitrogen and oxygen atoms in total. The molecule has 21 heavy (non-hydrogen) atoms. The lowest BCUT2D eigenvalue weighted by Crippen LogP contribution is -2.28. The molecule has 0 atom stereocenters. The number of esters is 1. The van der Waals surface area contributed by atoms with Crippen molar-refractivity contribution in [3.8, 4) is 0 Å². The molecule has 0 aliphatic carbocycles. The lowest BCUT2D eigenvalue weighted by molar-refractivity contribution is -0.141. The molecule has 0 aromatic carbocycles. The lowest BCUT2D eigenvalue weighted by atomic mass is 10.2. The van der Waals surface area contributed by atoms with Gasteiger partial charge in [0.1, 0.15) is 12.2 Å². The van der Waals surface area contributed by atoms with E-state index in [9.17, 15) is 9.59 Å². The van der Waals surface area contributed by atoms with Gasteiger partial charge in [0, 0.05) is 12.3 Å². The van der Waals surface area contributed by atoms with Crippen LogP contribution < -0.4 is 0 Å². The molecular weight excluding hydrogens is 274 g/mol. The van der Waals surface area contributed by atoms with Crippen molar-refractivity contribution in [2.24, 2.45) is 0 Å². The molecule has 1 heterocycles. The highest BCUT2D eigenvalue weighted by Crippen LogP contribution is 2.12. The van der Waals surface area contributed by atoms with Gasteiger partial charge in [0.2, 0.25) is 0 Å². The smallest absolute Gasteiger partial charge is 0.421 e. The highest BCUT2D eigenvalue weighted by Gasteiger charge is 2.21. The molecule has 0 aliphatic rings. The van der Waals surface area contributed by atoms with Crippen molar-refractivity contribution in [2.45, 2.75) is 33.0 Å². The standard InChI is InChI=1S/C14H17N3O4/c1-5-11(16-15)12(18)20-9-10-7-6-8-17(10)13(19)21-14(2,3)4/h5-8H,1,9H2,2-4H3. The summed E-state index contributed by atoms with van der Waals surface area (Å²) in [6.45, 7) is 8.40. The van der Waals surface area contributed by atoms with Crippen LogP contribution >= 0.6 is 0 Å². The Labute approximate surface area is 122 Å². The van der Waals surface area contributed by atoms with Crippen molar-refractivity contribution >= 4 is 17.8 Å². The van der Waals surface area contributed by atoms with E-state index in [1.165, 1.54) is 10.8 Å². The molecule has 1 aromatic rings. The van der Waals surface area contributed by atoms with Crippen LogP contribution in [-0.2, 0) is 20.9 Å². The normalized spacial score (nSPS) is 10.4. The third-order valence-corrected chi connectivity index (χ3v) is 2.28. The van der Waals surface area contributed by atoms with E-state index in [1.54, 1.807) is 32.9 Å². The van der Waals surface area contributed by atoms with Gasteiger partial charge in [0.15, 0.2) is 0 Å². The van der Waals surface area contributed by atoms with Gasteiger partial charge < -0.3 is 15.0 Å². The number of nitrogens with zero attached hydrogens (tertiary/aromatic N) is 3. The van der Waals surface area contributed by atoms with Gasteiger partial charge in [-0.2, -0.15) is 4.79 Å². The highest BCUT2D eigenvalue weighted by molar-refractivity contribution is 6.38. The monoisotopic (exact) mass is 291 g/mol. The molecule has 0 fully saturated rings. The number of hydrogen-bond donors (Lipinski definition) is 0. The van der Waals surface area contributed by atoms with E-state index in [2.05, 4.69) is 11.4 Å². The van der Waals surface area contributed by atoms with E-state index in [4.69, 9.17) is 15.0 Å². The van der Waals surface area contributed by atoms with E-state index in [0.717, 1.165) is 6.08 Å². The zero-order chi connectivity index (χ0) is 16.0. The number of carbonyl (C=O) groups excluding carboxylic acids is 2. The molecule has 0 radical (unpaired) electrons. The Morgan fingerprint density at radius 2 is 2.14 bits per heavy atom. The van der Waals surface area contributed by atoms with E-state index in [-0.39, 0.29) is 12.3 Å². The number of ether oxygens (including phenoxy) is 2. The second kappa shape index (κ2) is 6.67. The topological polar surface area (TPSA) is 93.9 Å². The Hall–Kier alpha value is -2.66. The van der Waals surface area contributed by atoms with E-state index >= 15 is 0 Å². The van der Waals surface area contributed by atoms with E-state index in [1.807, 2.05) is 0 Å². The Morgan fingerprint density at radius 1 is 1.48 bits per heavy atom. The second-order valence-corrected chi connectivity index (χ2v) is 5.12. The average molecular weight is 291 g/mol. The zero-order valence-corrected chi connectivity index (χ0v) is 12.2. The summed E-state index contributed by atoms with van der Waals surface area (Å²) in [5.41, 5.74) is 8.05. The maximum absolute atomic E-state index is 12.0. The first kappa shape index (κ1) is 16.4. The fourth-order valence-corrected chi connectivity index (χ4v) is 1.40. The summed E-state index contributed by atoms with van der Waals surface area (Å²) in [6.07, 6.45) is 2.00. The number of hydrogen-bond acceptors (Lipinski definition) is 4. The largest absolute Gasteiger partial charge is 0.450 e.